The second kappa shape index (κ2) is 6.76. The Balaban J connectivity index is 2.61. The summed E-state index contributed by atoms with van der Waals surface area (Å²) in [7, 11) is 0. The summed E-state index contributed by atoms with van der Waals surface area (Å²) in [5.41, 5.74) is 1.66. The van der Waals surface area contributed by atoms with Crippen molar-refractivity contribution in [3.05, 3.63) is 28.8 Å². The van der Waals surface area contributed by atoms with Gasteiger partial charge < -0.3 is 10.6 Å². The second-order valence-corrected chi connectivity index (χ2v) is 5.33. The average Bonchev–Trinajstić information content (AvgIpc) is 2.31. The lowest BCUT2D eigenvalue weighted by molar-refractivity contribution is -0.117. The van der Waals surface area contributed by atoms with Crippen LogP contribution in [0.1, 0.15) is 26.3 Å². The number of carbonyl (C=O) groups excluding carboxylic acids is 1. The highest BCUT2D eigenvalue weighted by Gasteiger charge is 2.14. The van der Waals surface area contributed by atoms with E-state index in [4.69, 9.17) is 11.6 Å². The maximum Gasteiger partial charge on any atom is 0.241 e. The fourth-order valence-corrected chi connectivity index (χ4v) is 1.66. The Morgan fingerprint density at radius 2 is 2.00 bits per heavy atom. The van der Waals surface area contributed by atoms with Gasteiger partial charge in [0, 0.05) is 10.7 Å². The molecule has 1 aromatic rings. The third-order valence-electron chi connectivity index (χ3n) is 2.75. The van der Waals surface area contributed by atoms with Gasteiger partial charge in [-0.05, 0) is 44.0 Å². The third kappa shape index (κ3) is 4.31. The molecular formula is C14H21ClN2O. The first-order valence-electron chi connectivity index (χ1n) is 6.21. The van der Waals surface area contributed by atoms with Crippen LogP contribution in [0.2, 0.25) is 5.02 Å². The van der Waals surface area contributed by atoms with Gasteiger partial charge in [0.05, 0.1) is 6.04 Å². The van der Waals surface area contributed by atoms with E-state index in [2.05, 4.69) is 24.5 Å². The van der Waals surface area contributed by atoms with E-state index in [0.29, 0.717) is 10.9 Å². The van der Waals surface area contributed by atoms with E-state index < -0.39 is 0 Å². The predicted molar refractivity (Wildman–Crippen MR) is 77.1 cm³/mol. The molecule has 1 amide bonds. The Morgan fingerprint density at radius 3 is 2.61 bits per heavy atom. The molecule has 0 aliphatic rings. The zero-order valence-corrected chi connectivity index (χ0v) is 12.1. The second-order valence-electron chi connectivity index (χ2n) is 4.93. The fourth-order valence-electron chi connectivity index (χ4n) is 1.49. The van der Waals surface area contributed by atoms with Gasteiger partial charge in [-0.1, -0.05) is 31.5 Å². The van der Waals surface area contributed by atoms with E-state index in [9.17, 15) is 4.79 Å². The molecular weight excluding hydrogens is 248 g/mol. The van der Waals surface area contributed by atoms with Crippen LogP contribution in [0.3, 0.4) is 0 Å². The number of carbonyl (C=O) groups is 1. The number of hydrogen-bond donors (Lipinski definition) is 2. The number of rotatable bonds is 5. The standard InChI is InChI=1S/C14H21ClN2O/c1-9(2)8-16-11(4)14(18)17-13-7-5-6-12(15)10(13)3/h5-7,9,11,16H,8H2,1-4H3,(H,17,18)/t11-/m0/s1. The molecule has 0 saturated carbocycles. The van der Waals surface area contributed by atoms with E-state index >= 15 is 0 Å². The number of halogens is 1. The molecule has 18 heavy (non-hydrogen) atoms. The van der Waals surface area contributed by atoms with Crippen LogP contribution < -0.4 is 10.6 Å². The number of anilines is 1. The molecule has 100 valence electrons. The van der Waals surface area contributed by atoms with Crippen LogP contribution in [0.25, 0.3) is 0 Å². The molecule has 0 spiro atoms. The first-order valence-corrected chi connectivity index (χ1v) is 6.59. The summed E-state index contributed by atoms with van der Waals surface area (Å²) in [4.78, 5) is 12.0. The lowest BCUT2D eigenvalue weighted by Crippen LogP contribution is -2.39. The third-order valence-corrected chi connectivity index (χ3v) is 3.16. The topological polar surface area (TPSA) is 41.1 Å². The summed E-state index contributed by atoms with van der Waals surface area (Å²) >= 11 is 6.01. The fraction of sp³-hybridized carbons (Fsp3) is 0.500. The molecule has 0 saturated heterocycles. The summed E-state index contributed by atoms with van der Waals surface area (Å²) in [6.45, 7) is 8.79. The quantitative estimate of drug-likeness (QED) is 0.861. The first-order chi connectivity index (χ1) is 8.41. The van der Waals surface area contributed by atoms with Crippen molar-refractivity contribution in [3.8, 4) is 0 Å². The Morgan fingerprint density at radius 1 is 1.33 bits per heavy atom. The minimum atomic E-state index is -0.217. The SMILES string of the molecule is Cc1c(Cl)cccc1NC(=O)[C@H](C)NCC(C)C. The molecule has 1 rings (SSSR count). The van der Waals surface area contributed by atoms with Crippen molar-refractivity contribution < 1.29 is 4.79 Å². The van der Waals surface area contributed by atoms with Crippen LogP contribution in [-0.2, 0) is 4.79 Å². The molecule has 1 aromatic carbocycles. The van der Waals surface area contributed by atoms with Crippen molar-refractivity contribution in [2.24, 2.45) is 5.92 Å². The molecule has 2 N–H and O–H groups in total. The lowest BCUT2D eigenvalue weighted by atomic mass is 10.1. The van der Waals surface area contributed by atoms with Crippen molar-refractivity contribution in [1.82, 2.24) is 5.32 Å². The van der Waals surface area contributed by atoms with Gasteiger partial charge >= 0.3 is 0 Å². The minimum absolute atomic E-state index is 0.0407. The summed E-state index contributed by atoms with van der Waals surface area (Å²) in [5.74, 6) is 0.481. The number of nitrogens with one attached hydrogen (secondary N) is 2. The maximum absolute atomic E-state index is 12.0. The molecule has 0 heterocycles. The zero-order chi connectivity index (χ0) is 13.7. The van der Waals surface area contributed by atoms with Crippen LogP contribution >= 0.6 is 11.6 Å². The molecule has 4 heteroatoms. The van der Waals surface area contributed by atoms with Crippen LogP contribution in [0.15, 0.2) is 18.2 Å². The number of amides is 1. The van der Waals surface area contributed by atoms with Gasteiger partial charge in [0.1, 0.15) is 0 Å². The van der Waals surface area contributed by atoms with Gasteiger partial charge in [0.25, 0.3) is 0 Å². The van der Waals surface area contributed by atoms with Crippen LogP contribution in [0.4, 0.5) is 5.69 Å². The number of hydrogen-bond acceptors (Lipinski definition) is 2. The van der Waals surface area contributed by atoms with Crippen molar-refractivity contribution >= 4 is 23.2 Å². The van der Waals surface area contributed by atoms with Crippen molar-refractivity contribution in [2.75, 3.05) is 11.9 Å². The van der Waals surface area contributed by atoms with Crippen LogP contribution in [-0.4, -0.2) is 18.5 Å². The van der Waals surface area contributed by atoms with Gasteiger partial charge in [-0.15, -0.1) is 0 Å². The normalized spacial score (nSPS) is 12.6. The van der Waals surface area contributed by atoms with Crippen LogP contribution in [0.5, 0.6) is 0 Å². The molecule has 0 radical (unpaired) electrons. The Kier molecular flexibility index (Phi) is 5.63. The van der Waals surface area contributed by atoms with E-state index in [0.717, 1.165) is 17.8 Å². The van der Waals surface area contributed by atoms with Crippen molar-refractivity contribution in [2.45, 2.75) is 33.7 Å². The van der Waals surface area contributed by atoms with Gasteiger partial charge in [-0.3, -0.25) is 4.79 Å². The summed E-state index contributed by atoms with van der Waals surface area (Å²) in [6, 6.07) is 5.28. The smallest absolute Gasteiger partial charge is 0.241 e. The van der Waals surface area contributed by atoms with Crippen molar-refractivity contribution in [1.29, 1.82) is 0 Å². The first kappa shape index (κ1) is 15.0. The van der Waals surface area contributed by atoms with Crippen LogP contribution in [0, 0.1) is 12.8 Å². The summed E-state index contributed by atoms with van der Waals surface area (Å²) in [6.07, 6.45) is 0. The highest BCUT2D eigenvalue weighted by molar-refractivity contribution is 6.31. The highest BCUT2D eigenvalue weighted by atomic mass is 35.5. The summed E-state index contributed by atoms with van der Waals surface area (Å²) < 4.78 is 0. The van der Waals surface area contributed by atoms with E-state index in [1.54, 1.807) is 0 Å². The average molecular weight is 269 g/mol. The Hall–Kier alpha value is -1.06. The molecule has 0 aliphatic carbocycles. The predicted octanol–water partition coefficient (Wildman–Crippen LogP) is 3.22. The van der Waals surface area contributed by atoms with E-state index in [1.165, 1.54) is 0 Å². The van der Waals surface area contributed by atoms with Gasteiger partial charge in [0.15, 0.2) is 0 Å². The highest BCUT2D eigenvalue weighted by Crippen LogP contribution is 2.22. The molecule has 0 aromatic heterocycles. The molecule has 0 aliphatic heterocycles. The molecule has 1 atom stereocenters. The summed E-state index contributed by atoms with van der Waals surface area (Å²) in [5, 5.41) is 6.74. The maximum atomic E-state index is 12.0. The van der Waals surface area contributed by atoms with Crippen molar-refractivity contribution in [3.63, 3.8) is 0 Å². The van der Waals surface area contributed by atoms with E-state index in [1.807, 2.05) is 32.0 Å². The monoisotopic (exact) mass is 268 g/mol. The largest absolute Gasteiger partial charge is 0.324 e. The Labute approximate surface area is 114 Å². The van der Waals surface area contributed by atoms with Gasteiger partial charge in [0.2, 0.25) is 5.91 Å². The van der Waals surface area contributed by atoms with E-state index in [-0.39, 0.29) is 11.9 Å². The van der Waals surface area contributed by atoms with Gasteiger partial charge in [-0.2, -0.15) is 0 Å². The number of benzene rings is 1. The molecule has 0 fully saturated rings. The minimum Gasteiger partial charge on any atom is -0.324 e. The molecule has 0 unspecified atom stereocenters. The zero-order valence-electron chi connectivity index (χ0n) is 11.4. The molecule has 3 nitrogen and oxygen atoms in total. The molecule has 0 bridgehead atoms. The lowest BCUT2D eigenvalue weighted by Gasteiger charge is -2.16. The Bertz CT molecular complexity index is 418. The van der Waals surface area contributed by atoms with Gasteiger partial charge in [-0.25, -0.2) is 0 Å².